The zero-order valence-electron chi connectivity index (χ0n) is 35.6. The number of nitrogens with one attached hydrogen (secondary N) is 7. The third kappa shape index (κ3) is 19.2. The van der Waals surface area contributed by atoms with E-state index in [4.69, 9.17) is 17.2 Å². The summed E-state index contributed by atoms with van der Waals surface area (Å²) in [6.45, 7) is 11.3. The number of nitrogen functional groups attached to an aromatic ring is 1. The van der Waals surface area contributed by atoms with Gasteiger partial charge in [-0.15, -0.1) is 0 Å². The number of carbonyl (C=O) groups excluding carboxylic acids is 4. The summed E-state index contributed by atoms with van der Waals surface area (Å²) in [6.07, 6.45) is 8.93. The van der Waals surface area contributed by atoms with Gasteiger partial charge < -0.3 is 59.5 Å². The van der Waals surface area contributed by atoms with E-state index in [2.05, 4.69) is 66.0 Å². The molecule has 19 nitrogen and oxygen atoms in total. The summed E-state index contributed by atoms with van der Waals surface area (Å²) in [4.78, 5) is 64.6. The van der Waals surface area contributed by atoms with Crippen LogP contribution in [0.4, 0.5) is 11.8 Å². The molecule has 61 heavy (non-hydrogen) atoms. The summed E-state index contributed by atoms with van der Waals surface area (Å²) in [5, 5.41) is 31.7. The van der Waals surface area contributed by atoms with Crippen molar-refractivity contribution in [3.8, 4) is 6.01 Å². The number of rotatable bonds is 33. The van der Waals surface area contributed by atoms with Crippen LogP contribution in [-0.4, -0.2) is 131 Å². The van der Waals surface area contributed by atoms with E-state index in [-0.39, 0.29) is 42.2 Å². The first kappa shape index (κ1) is 50.6. The van der Waals surface area contributed by atoms with Gasteiger partial charge in [0.2, 0.25) is 23.7 Å². The average Bonchev–Trinajstić information content (AvgIpc) is 3.57. The van der Waals surface area contributed by atoms with Crippen LogP contribution in [-0.2, 0) is 20.9 Å². The van der Waals surface area contributed by atoms with Gasteiger partial charge in [0, 0.05) is 31.0 Å². The second-order valence-electron chi connectivity index (χ2n) is 14.6. The van der Waals surface area contributed by atoms with Crippen LogP contribution in [0.2, 0.25) is 0 Å². The van der Waals surface area contributed by atoms with E-state index in [0.29, 0.717) is 80.5 Å². The summed E-state index contributed by atoms with van der Waals surface area (Å²) in [7, 11) is 0. The Morgan fingerprint density at radius 2 is 1.52 bits per heavy atom. The van der Waals surface area contributed by atoms with Crippen molar-refractivity contribution in [2.24, 2.45) is 11.5 Å². The molecule has 0 spiro atoms. The molecule has 2 radical (unpaired) electrons. The van der Waals surface area contributed by atoms with Crippen LogP contribution < -0.4 is 54.4 Å². The largest absolute Gasteiger partial charge is 0.480 e. The number of hydrogen-bond acceptors (Lipinski definition) is 15. The number of aromatic nitrogens is 4. The smallest absolute Gasteiger partial charge is 0.296 e. The van der Waals surface area contributed by atoms with Crippen molar-refractivity contribution in [1.82, 2.24) is 51.4 Å². The van der Waals surface area contributed by atoms with E-state index >= 15 is 0 Å². The predicted molar refractivity (Wildman–Crippen MR) is 243 cm³/mol. The molecular formula is C41H68N14O5S. The molecule has 20 heteroatoms. The molecule has 338 valence electrons. The van der Waals surface area contributed by atoms with Crippen LogP contribution in [0, 0.1) is 13.3 Å². The van der Waals surface area contributed by atoms with Gasteiger partial charge >= 0.3 is 0 Å². The maximum Gasteiger partial charge on any atom is 0.296 e. The number of hydrogen-bond donors (Lipinski definition) is 11. The maximum absolute atomic E-state index is 13.3. The SMILES string of the molecule is [CH2][CH]CSC[C@H](N)C(=O)NCCCC[C@H](NC(=O)CNC(=O)c1ccc(Cn2c(O)nc3c(N)nc(NCCCC)nc32)cc1)C(=O)NCCCNCCCCNCCCN. The Morgan fingerprint density at radius 1 is 0.852 bits per heavy atom. The van der Waals surface area contributed by atoms with E-state index in [1.807, 2.05) is 0 Å². The van der Waals surface area contributed by atoms with E-state index in [1.54, 1.807) is 30.7 Å². The Balaban J connectivity index is 1.50. The molecule has 1 aromatic carbocycles. The summed E-state index contributed by atoms with van der Waals surface area (Å²) >= 11 is 1.53. The van der Waals surface area contributed by atoms with E-state index in [1.165, 1.54) is 16.3 Å². The Labute approximate surface area is 364 Å². The molecule has 2 atom stereocenters. The standard InChI is InChI=1S/C41H68N14O5S/c1-3-5-22-49-40-53-35(44)34-36(54-40)55(41(60)52-34)27-29-13-15-30(16-14-29)37(57)50-26-33(56)51-32(12-6-7-23-47-38(58)31(43)28-61-25-4-2)39(59)48-24-11-21-46-19-9-8-18-45-20-10-17-42/h4,13-16,31-32,45-46H,2-3,5-12,17-28,42-43H2,1H3,(H,47,58)(H,48,59)(H,50,57)(H,51,56)(H,52,60)(H3,44,49,53,54)/t31-,32-/m0/s1. The molecular weight excluding hydrogens is 801 g/mol. The Morgan fingerprint density at radius 3 is 2.23 bits per heavy atom. The van der Waals surface area contributed by atoms with Crippen molar-refractivity contribution in [3.63, 3.8) is 0 Å². The molecule has 0 fully saturated rings. The fraction of sp³-hybridized carbons (Fsp3) is 0.585. The number of carbonyl (C=O) groups is 4. The third-order valence-electron chi connectivity index (χ3n) is 9.47. The zero-order chi connectivity index (χ0) is 44.2. The summed E-state index contributed by atoms with van der Waals surface area (Å²) in [6, 6.07) is 4.93. The van der Waals surface area contributed by atoms with Gasteiger partial charge in [-0.1, -0.05) is 25.5 Å². The van der Waals surface area contributed by atoms with Crippen molar-refractivity contribution < 1.29 is 24.3 Å². The lowest BCUT2D eigenvalue weighted by atomic mass is 10.1. The van der Waals surface area contributed by atoms with Crippen molar-refractivity contribution >= 4 is 58.3 Å². The highest BCUT2D eigenvalue weighted by Gasteiger charge is 2.22. The normalized spacial score (nSPS) is 12.2. The van der Waals surface area contributed by atoms with Gasteiger partial charge in [-0.25, -0.2) is 0 Å². The van der Waals surface area contributed by atoms with E-state index < -0.39 is 23.9 Å². The number of benzene rings is 1. The molecule has 0 aliphatic carbocycles. The number of aromatic hydroxyl groups is 1. The fourth-order valence-electron chi connectivity index (χ4n) is 6.03. The third-order valence-corrected chi connectivity index (χ3v) is 10.5. The number of imidazole rings is 1. The quantitative estimate of drug-likeness (QED) is 0.0378. The monoisotopic (exact) mass is 869 g/mol. The number of nitrogens with two attached hydrogens (primary N) is 3. The summed E-state index contributed by atoms with van der Waals surface area (Å²) in [5.74, 6) is 0.117. The fourth-order valence-corrected chi connectivity index (χ4v) is 6.74. The van der Waals surface area contributed by atoms with Gasteiger partial charge in [-0.05, 0) is 121 Å². The summed E-state index contributed by atoms with van der Waals surface area (Å²) in [5.41, 5.74) is 19.3. The molecule has 0 saturated heterocycles. The predicted octanol–water partition coefficient (Wildman–Crippen LogP) is 0.789. The van der Waals surface area contributed by atoms with Crippen LogP contribution in [0.25, 0.3) is 11.2 Å². The Hall–Kier alpha value is -4.76. The van der Waals surface area contributed by atoms with Crippen LogP contribution in [0.1, 0.15) is 80.6 Å². The Bertz CT molecular complexity index is 1760. The molecule has 0 bridgehead atoms. The first-order valence-corrected chi connectivity index (χ1v) is 22.5. The Kier molecular flexibility index (Phi) is 24.5. The van der Waals surface area contributed by atoms with Crippen LogP contribution in [0.15, 0.2) is 24.3 Å². The molecule has 0 aliphatic heterocycles. The second-order valence-corrected chi connectivity index (χ2v) is 15.7. The lowest BCUT2D eigenvalue weighted by Gasteiger charge is -2.19. The van der Waals surface area contributed by atoms with Crippen molar-refractivity contribution in [1.29, 1.82) is 0 Å². The lowest BCUT2D eigenvalue weighted by Crippen LogP contribution is -2.49. The minimum Gasteiger partial charge on any atom is -0.480 e. The average molecular weight is 869 g/mol. The van der Waals surface area contributed by atoms with E-state index in [0.717, 1.165) is 63.8 Å². The second kappa shape index (κ2) is 29.5. The van der Waals surface area contributed by atoms with Crippen LogP contribution >= 0.6 is 11.8 Å². The summed E-state index contributed by atoms with van der Waals surface area (Å²) < 4.78 is 1.51. The van der Waals surface area contributed by atoms with Gasteiger partial charge in [0.15, 0.2) is 17.0 Å². The van der Waals surface area contributed by atoms with Crippen molar-refractivity contribution in [3.05, 3.63) is 48.7 Å². The molecule has 4 amide bonds. The molecule has 3 aromatic rings. The van der Waals surface area contributed by atoms with Crippen LogP contribution in [0.3, 0.4) is 0 Å². The minimum atomic E-state index is -0.837. The van der Waals surface area contributed by atoms with Crippen molar-refractivity contribution in [2.75, 3.05) is 81.5 Å². The molecule has 2 heterocycles. The van der Waals surface area contributed by atoms with Gasteiger partial charge in [0.05, 0.1) is 19.1 Å². The molecule has 0 aliphatic rings. The molecule has 0 saturated carbocycles. The maximum atomic E-state index is 13.3. The molecule has 3 rings (SSSR count). The number of unbranched alkanes of at least 4 members (excludes halogenated alkanes) is 3. The molecule has 2 aromatic heterocycles. The molecule has 14 N–H and O–H groups in total. The minimum absolute atomic E-state index is 0.144. The van der Waals surface area contributed by atoms with Crippen LogP contribution in [0.5, 0.6) is 6.01 Å². The molecule has 0 unspecified atom stereocenters. The topological polar surface area (TPSA) is 294 Å². The number of nitrogens with zero attached hydrogens (tertiary/aromatic N) is 4. The number of fused-ring (bicyclic) bond motifs is 1. The van der Waals surface area contributed by atoms with Crippen molar-refractivity contribution in [2.45, 2.75) is 83.3 Å². The highest BCUT2D eigenvalue weighted by molar-refractivity contribution is 7.99. The van der Waals surface area contributed by atoms with E-state index in [9.17, 15) is 24.3 Å². The van der Waals surface area contributed by atoms with Gasteiger partial charge in [0.1, 0.15) is 6.04 Å². The number of amides is 4. The van der Waals surface area contributed by atoms with Gasteiger partial charge in [0.25, 0.3) is 11.9 Å². The first-order valence-electron chi connectivity index (χ1n) is 21.3. The highest BCUT2D eigenvalue weighted by atomic mass is 32.2. The van der Waals surface area contributed by atoms with Gasteiger partial charge in [-0.3, -0.25) is 23.7 Å². The highest BCUT2D eigenvalue weighted by Crippen LogP contribution is 2.25. The first-order chi connectivity index (χ1) is 29.6. The lowest BCUT2D eigenvalue weighted by molar-refractivity contribution is -0.128. The zero-order valence-corrected chi connectivity index (χ0v) is 36.4. The van der Waals surface area contributed by atoms with Gasteiger partial charge in [-0.2, -0.15) is 26.7 Å². The number of anilines is 2. The number of thioether (sulfide) groups is 1.